The van der Waals surface area contributed by atoms with Crippen LogP contribution in [0.2, 0.25) is 0 Å². The molecule has 1 atom stereocenters. The maximum absolute atomic E-state index is 12.3. The first-order valence-corrected chi connectivity index (χ1v) is 8.07. The van der Waals surface area contributed by atoms with Gasteiger partial charge in [0.2, 0.25) is 0 Å². The topological polar surface area (TPSA) is 99.9 Å². The van der Waals surface area contributed by atoms with Gasteiger partial charge in [0.25, 0.3) is 5.91 Å². The molecule has 0 aliphatic rings. The largest absolute Gasteiger partial charge is 0.378 e. The van der Waals surface area contributed by atoms with E-state index < -0.39 is 0 Å². The molecule has 2 heterocycles. The third-order valence-corrected chi connectivity index (χ3v) is 4.04. The van der Waals surface area contributed by atoms with Crippen molar-refractivity contribution in [3.63, 3.8) is 0 Å². The van der Waals surface area contributed by atoms with E-state index in [0.717, 1.165) is 22.6 Å². The number of amides is 1. The number of hydrogen-bond acceptors (Lipinski definition) is 5. The Morgan fingerprint density at radius 2 is 2.04 bits per heavy atom. The minimum absolute atomic E-state index is 0.206. The third-order valence-electron chi connectivity index (χ3n) is 4.04. The molecule has 7 heteroatoms. The number of pyridine rings is 1. The number of carbonyl (C=O) groups is 1. The van der Waals surface area contributed by atoms with Crippen LogP contribution in [0.15, 0.2) is 36.5 Å². The van der Waals surface area contributed by atoms with Gasteiger partial charge in [0.15, 0.2) is 5.65 Å². The molecule has 0 aliphatic carbocycles. The Kier molecular flexibility index (Phi) is 4.67. The maximum atomic E-state index is 12.3. The van der Waals surface area contributed by atoms with Gasteiger partial charge in [0, 0.05) is 38.6 Å². The van der Waals surface area contributed by atoms with Crippen molar-refractivity contribution in [2.24, 2.45) is 5.73 Å². The summed E-state index contributed by atoms with van der Waals surface area (Å²) in [5.41, 5.74) is 10.1. The van der Waals surface area contributed by atoms with E-state index in [-0.39, 0.29) is 11.9 Å². The summed E-state index contributed by atoms with van der Waals surface area (Å²) >= 11 is 0. The molecule has 1 amide bonds. The fraction of sp³-hybridized carbons (Fsp3) is 0.278. The van der Waals surface area contributed by atoms with E-state index in [2.05, 4.69) is 20.3 Å². The molecule has 0 fully saturated rings. The molecule has 4 N–H and O–H groups in total. The molecular weight excluding hydrogens is 316 g/mol. The first-order valence-electron chi connectivity index (χ1n) is 8.07. The fourth-order valence-electron chi connectivity index (χ4n) is 2.59. The summed E-state index contributed by atoms with van der Waals surface area (Å²) in [6.07, 6.45) is 1.52. The highest BCUT2D eigenvalue weighted by Gasteiger charge is 2.12. The number of carbonyl (C=O) groups excluding carboxylic acids is 1. The molecule has 0 saturated heterocycles. The molecule has 130 valence electrons. The van der Waals surface area contributed by atoms with Gasteiger partial charge in [-0.05, 0) is 30.7 Å². The minimum atomic E-state index is -0.272. The van der Waals surface area contributed by atoms with Gasteiger partial charge >= 0.3 is 0 Å². The maximum Gasteiger partial charge on any atom is 0.252 e. The zero-order chi connectivity index (χ0) is 18.0. The van der Waals surface area contributed by atoms with E-state index in [1.165, 1.54) is 6.20 Å². The first-order chi connectivity index (χ1) is 11.9. The van der Waals surface area contributed by atoms with Crippen molar-refractivity contribution < 1.29 is 4.79 Å². The van der Waals surface area contributed by atoms with Gasteiger partial charge < -0.3 is 20.9 Å². The van der Waals surface area contributed by atoms with Crippen LogP contribution in [0.3, 0.4) is 0 Å². The van der Waals surface area contributed by atoms with Crippen molar-refractivity contribution >= 4 is 22.8 Å². The number of nitrogens with one attached hydrogen (secondary N) is 2. The van der Waals surface area contributed by atoms with Gasteiger partial charge in [-0.2, -0.15) is 0 Å². The normalized spacial score (nSPS) is 12.2. The van der Waals surface area contributed by atoms with Crippen molar-refractivity contribution in [2.75, 3.05) is 25.5 Å². The molecule has 0 saturated carbocycles. The number of aromatic amines is 1. The van der Waals surface area contributed by atoms with E-state index in [1.54, 1.807) is 6.07 Å². The standard InChI is InChI=1S/C18H22N6O/c1-11-22-16-8-13(9-20-17(16)23-11)18(25)21-10-15(19)12-4-6-14(7-5-12)24(2)3/h4-9,15H,10,19H2,1-3H3,(H,21,25)(H,20,22,23). The number of aromatic nitrogens is 3. The molecule has 7 nitrogen and oxygen atoms in total. The number of nitrogens with two attached hydrogens (primary N) is 1. The van der Waals surface area contributed by atoms with Gasteiger partial charge in [0.1, 0.15) is 5.82 Å². The Labute approximate surface area is 146 Å². The van der Waals surface area contributed by atoms with Crippen LogP contribution in [-0.2, 0) is 0 Å². The molecule has 1 unspecified atom stereocenters. The monoisotopic (exact) mass is 338 g/mol. The van der Waals surface area contributed by atoms with Crippen LogP contribution in [0, 0.1) is 6.92 Å². The summed E-state index contributed by atoms with van der Waals surface area (Å²) in [7, 11) is 3.97. The Bertz CT molecular complexity index is 884. The number of rotatable bonds is 5. The second kappa shape index (κ2) is 6.90. The lowest BCUT2D eigenvalue weighted by Crippen LogP contribution is -2.32. The lowest BCUT2D eigenvalue weighted by Gasteiger charge is -2.16. The zero-order valence-corrected chi connectivity index (χ0v) is 14.6. The highest BCUT2D eigenvalue weighted by Crippen LogP contribution is 2.16. The van der Waals surface area contributed by atoms with E-state index in [1.807, 2.05) is 50.2 Å². The molecule has 0 spiro atoms. The van der Waals surface area contributed by atoms with Crippen molar-refractivity contribution in [3.05, 3.63) is 53.5 Å². The van der Waals surface area contributed by atoms with Crippen LogP contribution in [-0.4, -0.2) is 41.5 Å². The lowest BCUT2D eigenvalue weighted by molar-refractivity contribution is 0.0951. The Balaban J connectivity index is 1.63. The van der Waals surface area contributed by atoms with Gasteiger partial charge in [-0.3, -0.25) is 4.79 Å². The van der Waals surface area contributed by atoms with Gasteiger partial charge in [-0.1, -0.05) is 12.1 Å². The Morgan fingerprint density at radius 1 is 1.32 bits per heavy atom. The van der Waals surface area contributed by atoms with Crippen LogP contribution in [0.4, 0.5) is 5.69 Å². The van der Waals surface area contributed by atoms with Crippen molar-refractivity contribution in [3.8, 4) is 0 Å². The predicted molar refractivity (Wildman–Crippen MR) is 98.7 cm³/mol. The number of hydrogen-bond donors (Lipinski definition) is 3. The Morgan fingerprint density at radius 3 is 2.72 bits per heavy atom. The van der Waals surface area contributed by atoms with Crippen molar-refractivity contribution in [1.29, 1.82) is 0 Å². The van der Waals surface area contributed by atoms with Crippen LogP contribution >= 0.6 is 0 Å². The zero-order valence-electron chi connectivity index (χ0n) is 14.6. The molecule has 2 aromatic heterocycles. The fourth-order valence-corrected chi connectivity index (χ4v) is 2.59. The molecular formula is C18H22N6O. The number of fused-ring (bicyclic) bond motifs is 1. The lowest BCUT2D eigenvalue weighted by atomic mass is 10.1. The number of nitrogens with zero attached hydrogens (tertiary/aromatic N) is 3. The van der Waals surface area contributed by atoms with E-state index >= 15 is 0 Å². The number of aryl methyl sites for hydroxylation is 1. The van der Waals surface area contributed by atoms with E-state index in [4.69, 9.17) is 5.73 Å². The molecule has 0 aliphatic heterocycles. The summed E-state index contributed by atoms with van der Waals surface area (Å²) in [6, 6.07) is 9.45. The van der Waals surface area contributed by atoms with Crippen LogP contribution in [0.5, 0.6) is 0 Å². The summed E-state index contributed by atoms with van der Waals surface area (Å²) < 4.78 is 0. The smallest absolute Gasteiger partial charge is 0.252 e. The van der Waals surface area contributed by atoms with Crippen LogP contribution < -0.4 is 16.0 Å². The number of imidazole rings is 1. The van der Waals surface area contributed by atoms with Gasteiger partial charge in [-0.15, -0.1) is 0 Å². The Hall–Kier alpha value is -2.93. The number of anilines is 1. The van der Waals surface area contributed by atoms with Crippen LogP contribution in [0.1, 0.15) is 27.8 Å². The van der Waals surface area contributed by atoms with Crippen molar-refractivity contribution in [2.45, 2.75) is 13.0 Å². The highest BCUT2D eigenvalue weighted by molar-refractivity contribution is 5.96. The molecule has 25 heavy (non-hydrogen) atoms. The predicted octanol–water partition coefficient (Wildman–Crippen LogP) is 1.76. The van der Waals surface area contributed by atoms with E-state index in [9.17, 15) is 4.79 Å². The quantitative estimate of drug-likeness (QED) is 0.658. The third kappa shape index (κ3) is 3.77. The number of benzene rings is 1. The summed E-state index contributed by atoms with van der Waals surface area (Å²) in [4.78, 5) is 25.8. The second-order valence-electron chi connectivity index (χ2n) is 6.22. The summed E-state index contributed by atoms with van der Waals surface area (Å²) in [5, 5.41) is 2.86. The van der Waals surface area contributed by atoms with Crippen molar-refractivity contribution in [1.82, 2.24) is 20.3 Å². The molecule has 1 aromatic carbocycles. The van der Waals surface area contributed by atoms with Gasteiger partial charge in [-0.25, -0.2) is 9.97 Å². The summed E-state index contributed by atoms with van der Waals surface area (Å²) in [6.45, 7) is 2.20. The van der Waals surface area contributed by atoms with Gasteiger partial charge in [0.05, 0.1) is 11.1 Å². The molecule has 0 bridgehead atoms. The van der Waals surface area contributed by atoms with E-state index in [0.29, 0.717) is 17.8 Å². The second-order valence-corrected chi connectivity index (χ2v) is 6.22. The SMILES string of the molecule is Cc1nc2ncc(C(=O)NCC(N)c3ccc(N(C)C)cc3)cc2[nH]1. The minimum Gasteiger partial charge on any atom is -0.378 e. The average molecular weight is 338 g/mol. The summed E-state index contributed by atoms with van der Waals surface area (Å²) in [5.74, 6) is 0.560. The average Bonchev–Trinajstić information content (AvgIpc) is 2.98. The highest BCUT2D eigenvalue weighted by atomic mass is 16.1. The molecule has 3 rings (SSSR count). The molecule has 3 aromatic rings. The molecule has 0 radical (unpaired) electrons. The van der Waals surface area contributed by atoms with Crippen LogP contribution in [0.25, 0.3) is 11.2 Å². The number of H-pyrrole nitrogens is 1. The first kappa shape index (κ1) is 16.9.